The van der Waals surface area contributed by atoms with Crippen molar-refractivity contribution in [3.63, 3.8) is 0 Å². The number of carbonyl (C=O) groups excluding carboxylic acids is 3. The maximum atomic E-state index is 13.0. The largest absolute Gasteiger partial charge is 0.472 e. The third-order valence-electron chi connectivity index (χ3n) is 17.3. The highest BCUT2D eigenvalue weighted by atomic mass is 31.2. The quantitative estimate of drug-likeness (QED) is 0.0146. The van der Waals surface area contributed by atoms with E-state index in [0.29, 0.717) is 19.3 Å². The highest BCUT2D eigenvalue weighted by Crippen LogP contribution is 2.45. The van der Waals surface area contributed by atoms with E-state index in [4.69, 9.17) is 32.3 Å². The van der Waals surface area contributed by atoms with E-state index in [1.54, 1.807) is 0 Å². The van der Waals surface area contributed by atoms with E-state index in [9.17, 15) is 43.5 Å². The van der Waals surface area contributed by atoms with Crippen LogP contribution in [0.25, 0.3) is 0 Å². The minimum absolute atomic E-state index is 0.0930. The molecule has 16 nitrogen and oxygen atoms in total. The molecule has 0 fully saturated rings. The van der Waals surface area contributed by atoms with Crippen molar-refractivity contribution in [2.24, 2.45) is 0 Å². The number of phosphoric acid groups is 2. The van der Waals surface area contributed by atoms with Gasteiger partial charge < -0.3 is 34.2 Å². The molecule has 0 radical (unpaired) electrons. The van der Waals surface area contributed by atoms with E-state index in [0.717, 1.165) is 161 Å². The second-order valence-corrected chi connectivity index (χ2v) is 30.4. The van der Waals surface area contributed by atoms with Crippen LogP contribution >= 0.6 is 15.6 Å². The lowest BCUT2D eigenvalue weighted by Crippen LogP contribution is -2.30. The van der Waals surface area contributed by atoms with E-state index in [-0.39, 0.29) is 19.3 Å². The predicted molar refractivity (Wildman–Crippen MR) is 436 cm³/mol. The topological polar surface area (TPSA) is 231 Å². The van der Waals surface area contributed by atoms with Crippen LogP contribution in [0, 0.1) is 0 Å². The molecule has 0 aromatic rings. The van der Waals surface area contributed by atoms with Crippen LogP contribution in [0.1, 0.15) is 342 Å². The third kappa shape index (κ3) is 80.5. The van der Waals surface area contributed by atoms with E-state index in [1.165, 1.54) is 122 Å². The molecular weight excluding hydrogens is 1360 g/mol. The number of ether oxygens (including phenoxy) is 3. The average molecular weight is 1510 g/mol. The second kappa shape index (κ2) is 79.2. The number of carbonyl (C=O) groups is 3. The van der Waals surface area contributed by atoms with Gasteiger partial charge in [0.2, 0.25) is 0 Å². The summed E-state index contributed by atoms with van der Waals surface area (Å²) in [5.41, 5.74) is 0. The molecule has 0 aromatic carbocycles. The zero-order valence-corrected chi connectivity index (χ0v) is 67.9. The van der Waals surface area contributed by atoms with Crippen LogP contribution in [-0.4, -0.2) is 95.9 Å². The maximum absolute atomic E-state index is 13.0. The minimum Gasteiger partial charge on any atom is -0.463 e. The van der Waals surface area contributed by atoms with Gasteiger partial charge in [0.15, 0.2) is 6.10 Å². The van der Waals surface area contributed by atoms with E-state index in [1.807, 2.05) is 0 Å². The Bertz CT molecular complexity index is 2440. The van der Waals surface area contributed by atoms with Crippen LogP contribution in [0.15, 0.2) is 134 Å². The summed E-state index contributed by atoms with van der Waals surface area (Å²) in [7, 11) is -9.80. The lowest BCUT2D eigenvalue weighted by molar-refractivity contribution is -0.161. The van der Waals surface area contributed by atoms with Gasteiger partial charge in [0.05, 0.1) is 26.4 Å². The summed E-state index contributed by atoms with van der Waals surface area (Å²) in [5.74, 6) is -1.58. The Labute approximate surface area is 639 Å². The number of rotatable bonds is 78. The molecule has 604 valence electrons. The molecule has 5 unspecified atom stereocenters. The third-order valence-corrected chi connectivity index (χ3v) is 19.2. The van der Waals surface area contributed by atoms with Gasteiger partial charge in [0.1, 0.15) is 25.4 Å². The van der Waals surface area contributed by atoms with Crippen LogP contribution < -0.4 is 0 Å². The first-order valence-corrected chi connectivity index (χ1v) is 44.5. The Morgan fingerprint density at radius 1 is 0.276 bits per heavy atom. The van der Waals surface area contributed by atoms with Crippen molar-refractivity contribution in [2.75, 3.05) is 39.6 Å². The summed E-state index contributed by atoms with van der Waals surface area (Å²) in [6.07, 6.45) is 96.4. The van der Waals surface area contributed by atoms with Gasteiger partial charge >= 0.3 is 33.6 Å². The lowest BCUT2D eigenvalue weighted by atomic mass is 10.0. The van der Waals surface area contributed by atoms with Crippen molar-refractivity contribution in [3.8, 4) is 0 Å². The number of unbranched alkanes of at least 4 members (excludes halogenated alkanes) is 33. The molecule has 0 spiro atoms. The summed E-state index contributed by atoms with van der Waals surface area (Å²) in [6, 6.07) is 0. The number of hydrogen-bond acceptors (Lipinski definition) is 14. The van der Waals surface area contributed by atoms with Gasteiger partial charge in [-0.3, -0.25) is 32.5 Å². The van der Waals surface area contributed by atoms with Gasteiger partial charge in [-0.05, 0) is 135 Å². The Hall–Kier alpha value is -4.31. The van der Waals surface area contributed by atoms with Crippen LogP contribution in [0.5, 0.6) is 0 Å². The van der Waals surface area contributed by atoms with Crippen molar-refractivity contribution in [2.45, 2.75) is 360 Å². The summed E-state index contributed by atoms with van der Waals surface area (Å²) >= 11 is 0. The molecule has 0 aromatic heterocycles. The molecule has 105 heavy (non-hydrogen) atoms. The van der Waals surface area contributed by atoms with Crippen molar-refractivity contribution in [1.82, 2.24) is 0 Å². The lowest BCUT2D eigenvalue weighted by Gasteiger charge is -2.21. The first-order chi connectivity index (χ1) is 51.2. The van der Waals surface area contributed by atoms with Crippen LogP contribution in [0.2, 0.25) is 0 Å². The normalized spacial score (nSPS) is 14.6. The van der Waals surface area contributed by atoms with Crippen LogP contribution in [0.4, 0.5) is 0 Å². The van der Waals surface area contributed by atoms with Gasteiger partial charge in [-0.15, -0.1) is 0 Å². The molecule has 0 bridgehead atoms. The predicted octanol–water partition coefficient (Wildman–Crippen LogP) is 24.7. The first-order valence-electron chi connectivity index (χ1n) is 41.5. The highest BCUT2D eigenvalue weighted by molar-refractivity contribution is 7.47. The van der Waals surface area contributed by atoms with E-state index in [2.05, 4.69) is 154 Å². The molecule has 0 saturated carbocycles. The molecule has 0 aliphatic heterocycles. The zero-order valence-electron chi connectivity index (χ0n) is 66.1. The molecule has 0 amide bonds. The van der Waals surface area contributed by atoms with Crippen molar-refractivity contribution >= 4 is 33.6 Å². The van der Waals surface area contributed by atoms with Crippen LogP contribution in [-0.2, 0) is 55.8 Å². The molecule has 4 N–H and O–H groups in total. The molecule has 0 rings (SSSR count). The van der Waals surface area contributed by atoms with E-state index < -0.39 is 91.5 Å². The Kier molecular flexibility index (Phi) is 76.0. The zero-order chi connectivity index (χ0) is 76.6. The summed E-state index contributed by atoms with van der Waals surface area (Å²) in [4.78, 5) is 58.8. The Balaban J connectivity index is 4.56. The van der Waals surface area contributed by atoms with Crippen LogP contribution in [0.3, 0.4) is 0 Å². The monoisotopic (exact) mass is 1510 g/mol. The SMILES string of the molecule is CC/C=C\C/C=C\C/C=C\C/C=C\C/C=C\CCCCCCCCCCCCCC(=O)OCC(O)COP(=O)(O)OCC(O)COP(=O)(O)OCC(COC(=O)CCCCCCCCCCCCC/C=C\C/C=C\C/C=C\C/C=C\C/C=C\CC)OC(=O)CCCCCCC/C=C\CCCCCCCC. The molecular formula is C87H150O16P2. The van der Waals surface area contributed by atoms with Gasteiger partial charge in [-0.25, -0.2) is 9.13 Å². The molecule has 18 heteroatoms. The summed E-state index contributed by atoms with van der Waals surface area (Å²) in [5, 5.41) is 20.7. The second-order valence-electron chi connectivity index (χ2n) is 27.5. The molecule has 0 saturated heterocycles. The smallest absolute Gasteiger partial charge is 0.463 e. The van der Waals surface area contributed by atoms with Crippen molar-refractivity contribution in [3.05, 3.63) is 134 Å². The van der Waals surface area contributed by atoms with Crippen molar-refractivity contribution in [1.29, 1.82) is 0 Å². The van der Waals surface area contributed by atoms with Gasteiger partial charge in [-0.2, -0.15) is 0 Å². The van der Waals surface area contributed by atoms with Crippen molar-refractivity contribution < 1.29 is 75.8 Å². The fourth-order valence-corrected chi connectivity index (χ4v) is 12.7. The molecule has 5 atom stereocenters. The molecule has 0 heterocycles. The fraction of sp³-hybridized carbons (Fsp3) is 0.713. The highest BCUT2D eigenvalue weighted by Gasteiger charge is 2.29. The number of allylic oxidation sites excluding steroid dienone is 22. The van der Waals surface area contributed by atoms with E-state index >= 15 is 0 Å². The summed E-state index contributed by atoms with van der Waals surface area (Å²) in [6.45, 7) is 2.46. The Morgan fingerprint density at radius 2 is 0.505 bits per heavy atom. The number of hydrogen-bond donors (Lipinski definition) is 4. The number of aliphatic hydroxyl groups is 2. The molecule has 0 aliphatic rings. The van der Waals surface area contributed by atoms with Gasteiger partial charge in [0.25, 0.3) is 0 Å². The number of phosphoric ester groups is 2. The maximum Gasteiger partial charge on any atom is 0.472 e. The minimum atomic E-state index is -4.94. The first kappa shape index (κ1) is 101. The van der Waals surface area contributed by atoms with Gasteiger partial charge in [0, 0.05) is 19.3 Å². The number of aliphatic hydroxyl groups excluding tert-OH is 2. The molecule has 0 aliphatic carbocycles. The average Bonchev–Trinajstić information content (AvgIpc) is 0.942. The number of esters is 3. The summed E-state index contributed by atoms with van der Waals surface area (Å²) < 4.78 is 61.2. The van der Waals surface area contributed by atoms with Gasteiger partial charge in [-0.1, -0.05) is 321 Å². The Morgan fingerprint density at radius 3 is 0.810 bits per heavy atom. The fourth-order valence-electron chi connectivity index (χ4n) is 11.1. The standard InChI is InChI=1S/C87H150O16P2/c1-4-7-10-13-16-19-22-25-28-30-32-34-36-38-40-42-44-46-48-50-53-55-58-61-64-67-70-73-85(90)97-76-82(88)77-99-104(93,94)100-78-83(89)79-101-105(95,96)102-81-84(103-87(92)75-72-69-66-63-60-57-52-27-24-21-18-15-12-9-6-3)80-98-86(91)74-71-68-65-62-59-56-54-51-49-47-45-43-41-39-37-35-33-31-29-26-23-20-17-14-11-8-5-2/h7-8,10-11,16-17,19-20,25-29,32-35,38-41,52,82-84,88-89H,4-6,9,12-15,18,21-24,30-31,36-37,42-51,53-81H2,1-3H3,(H,93,94)(H,95,96)/b10-7-,11-8-,19-16-,20-17-,28-25-,29-26-,34-32-,35-33-,40-38-,41-39-,52-27-.